The molecule has 0 bridgehead atoms. The summed E-state index contributed by atoms with van der Waals surface area (Å²) in [5.74, 6) is 0.752. The van der Waals surface area contributed by atoms with E-state index < -0.39 is 0 Å². The molecular weight excluding hydrogens is 350 g/mol. The monoisotopic (exact) mass is 371 g/mol. The summed E-state index contributed by atoms with van der Waals surface area (Å²) >= 11 is 5.99. The van der Waals surface area contributed by atoms with Crippen LogP contribution in [0.5, 0.6) is 5.75 Å². The minimum atomic E-state index is 0.106. The van der Waals surface area contributed by atoms with Gasteiger partial charge in [0.15, 0.2) is 5.65 Å². The minimum Gasteiger partial charge on any atom is -0.507 e. The van der Waals surface area contributed by atoms with Crippen LogP contribution in [-0.4, -0.2) is 49.9 Å². The number of benzene rings is 1. The van der Waals surface area contributed by atoms with Crippen molar-refractivity contribution in [3.05, 3.63) is 35.1 Å². The molecule has 0 spiro atoms. The topological polar surface area (TPSA) is 67.1 Å². The molecule has 0 aliphatic carbocycles. The van der Waals surface area contributed by atoms with E-state index in [4.69, 9.17) is 11.6 Å². The second-order valence-corrected chi connectivity index (χ2v) is 7.64. The number of piperidine rings is 1. The van der Waals surface area contributed by atoms with Crippen molar-refractivity contribution in [2.45, 2.75) is 26.3 Å². The maximum Gasteiger partial charge on any atom is 0.182 e. The largest absolute Gasteiger partial charge is 0.507 e. The van der Waals surface area contributed by atoms with Gasteiger partial charge in [-0.25, -0.2) is 4.98 Å². The van der Waals surface area contributed by atoms with E-state index in [0.29, 0.717) is 22.2 Å². The van der Waals surface area contributed by atoms with E-state index in [1.54, 1.807) is 6.07 Å². The Labute approximate surface area is 157 Å². The van der Waals surface area contributed by atoms with Gasteiger partial charge in [-0.05, 0) is 69.6 Å². The molecule has 4 rings (SSSR count). The summed E-state index contributed by atoms with van der Waals surface area (Å²) in [6.07, 6.45) is 4.23. The molecule has 0 radical (unpaired) electrons. The zero-order valence-corrected chi connectivity index (χ0v) is 15.7. The van der Waals surface area contributed by atoms with E-state index in [9.17, 15) is 5.11 Å². The maximum atomic E-state index is 10.3. The van der Waals surface area contributed by atoms with Crippen molar-refractivity contribution < 1.29 is 5.11 Å². The number of aryl methyl sites for hydroxylation is 1. The van der Waals surface area contributed by atoms with Gasteiger partial charge >= 0.3 is 0 Å². The van der Waals surface area contributed by atoms with Crippen LogP contribution >= 0.6 is 11.6 Å². The highest BCUT2D eigenvalue weighted by Gasteiger charge is 2.19. The van der Waals surface area contributed by atoms with E-state index in [2.05, 4.69) is 31.7 Å². The Morgan fingerprint density at radius 3 is 2.69 bits per heavy atom. The number of nitrogens with zero attached hydrogens (tertiary/aromatic N) is 5. The van der Waals surface area contributed by atoms with Gasteiger partial charge in [0.2, 0.25) is 0 Å². The van der Waals surface area contributed by atoms with Crippen molar-refractivity contribution in [1.82, 2.24) is 24.6 Å². The number of phenolic OH excluding ortho intramolecular Hbond substituents is 1. The Morgan fingerprint density at radius 2 is 1.96 bits per heavy atom. The SMILES string of the molecule is Cc1cc(Cl)cc(O)c1-c1cc2ncn(CC3CCN(C)CC3)c2nn1. The third kappa shape index (κ3) is 3.27. The molecule has 1 fully saturated rings. The number of likely N-dealkylation sites (tertiary alicyclic amines) is 1. The Bertz CT molecular complexity index is 923. The zero-order valence-electron chi connectivity index (χ0n) is 15.0. The van der Waals surface area contributed by atoms with E-state index in [1.807, 2.05) is 19.3 Å². The van der Waals surface area contributed by atoms with Crippen molar-refractivity contribution in [2.75, 3.05) is 20.1 Å². The highest BCUT2D eigenvalue weighted by atomic mass is 35.5. The first-order valence-electron chi connectivity index (χ1n) is 8.88. The van der Waals surface area contributed by atoms with Gasteiger partial charge in [0, 0.05) is 17.1 Å². The normalized spacial score (nSPS) is 16.4. The highest BCUT2D eigenvalue weighted by molar-refractivity contribution is 6.31. The summed E-state index contributed by atoms with van der Waals surface area (Å²) in [6, 6.07) is 5.21. The van der Waals surface area contributed by atoms with Crippen LogP contribution in [0.25, 0.3) is 22.4 Å². The Balaban J connectivity index is 1.64. The molecule has 3 heterocycles. The molecule has 1 aromatic carbocycles. The fourth-order valence-corrected chi connectivity index (χ4v) is 3.97. The highest BCUT2D eigenvalue weighted by Crippen LogP contribution is 2.34. The van der Waals surface area contributed by atoms with Crippen molar-refractivity contribution in [1.29, 1.82) is 0 Å². The molecule has 0 unspecified atom stereocenters. The molecule has 2 aromatic heterocycles. The number of hydrogen-bond donors (Lipinski definition) is 1. The number of halogens is 1. The third-order valence-corrected chi connectivity index (χ3v) is 5.41. The molecule has 6 nitrogen and oxygen atoms in total. The summed E-state index contributed by atoms with van der Waals surface area (Å²) in [6.45, 7) is 5.10. The lowest BCUT2D eigenvalue weighted by Gasteiger charge is -2.29. The lowest BCUT2D eigenvalue weighted by atomic mass is 9.97. The van der Waals surface area contributed by atoms with Crippen LogP contribution in [0.1, 0.15) is 18.4 Å². The molecule has 3 aromatic rings. The Hall–Kier alpha value is -2.18. The summed E-state index contributed by atoms with van der Waals surface area (Å²) in [7, 11) is 2.17. The van der Waals surface area contributed by atoms with Crippen LogP contribution in [0.2, 0.25) is 5.02 Å². The van der Waals surface area contributed by atoms with Gasteiger partial charge in [0.25, 0.3) is 0 Å². The quantitative estimate of drug-likeness (QED) is 0.763. The number of hydrogen-bond acceptors (Lipinski definition) is 5. The van der Waals surface area contributed by atoms with E-state index in [1.165, 1.54) is 18.9 Å². The van der Waals surface area contributed by atoms with Crippen LogP contribution in [0, 0.1) is 12.8 Å². The van der Waals surface area contributed by atoms with Crippen LogP contribution in [0.15, 0.2) is 24.5 Å². The fraction of sp³-hybridized carbons (Fsp3) is 0.421. The molecular formula is C19H22ClN5O. The molecule has 136 valence electrons. The summed E-state index contributed by atoms with van der Waals surface area (Å²) in [4.78, 5) is 6.88. The Kier molecular flexibility index (Phi) is 4.54. The average Bonchev–Trinajstić information content (AvgIpc) is 2.98. The molecule has 26 heavy (non-hydrogen) atoms. The van der Waals surface area contributed by atoms with Crippen LogP contribution in [0.3, 0.4) is 0 Å². The molecule has 1 N–H and O–H groups in total. The number of imidazole rings is 1. The van der Waals surface area contributed by atoms with Gasteiger partial charge in [0.05, 0.1) is 12.0 Å². The van der Waals surface area contributed by atoms with Gasteiger partial charge in [0.1, 0.15) is 11.3 Å². The second-order valence-electron chi connectivity index (χ2n) is 7.20. The number of phenols is 1. The molecule has 0 amide bonds. The van der Waals surface area contributed by atoms with Gasteiger partial charge in [-0.3, -0.25) is 0 Å². The average molecular weight is 372 g/mol. The van der Waals surface area contributed by atoms with E-state index in [-0.39, 0.29) is 5.75 Å². The number of fused-ring (bicyclic) bond motifs is 1. The third-order valence-electron chi connectivity index (χ3n) is 5.19. The lowest BCUT2D eigenvalue weighted by Crippen LogP contribution is -2.31. The zero-order chi connectivity index (χ0) is 18.3. The van der Waals surface area contributed by atoms with Crippen LogP contribution in [0.4, 0.5) is 0 Å². The number of rotatable bonds is 3. The molecule has 7 heteroatoms. The minimum absolute atomic E-state index is 0.106. The number of aromatic nitrogens is 4. The van der Waals surface area contributed by atoms with Crippen LogP contribution < -0.4 is 0 Å². The second kappa shape index (κ2) is 6.85. The lowest BCUT2D eigenvalue weighted by molar-refractivity contribution is 0.206. The molecule has 0 saturated carbocycles. The first kappa shape index (κ1) is 17.2. The predicted molar refractivity (Wildman–Crippen MR) is 102 cm³/mol. The summed E-state index contributed by atoms with van der Waals surface area (Å²) in [5, 5.41) is 19.5. The summed E-state index contributed by atoms with van der Waals surface area (Å²) < 4.78 is 2.09. The molecule has 0 atom stereocenters. The molecule has 1 saturated heterocycles. The fourth-order valence-electron chi connectivity index (χ4n) is 3.70. The van der Waals surface area contributed by atoms with Gasteiger partial charge < -0.3 is 14.6 Å². The maximum absolute atomic E-state index is 10.3. The van der Waals surface area contributed by atoms with E-state index >= 15 is 0 Å². The first-order chi connectivity index (χ1) is 12.5. The van der Waals surface area contributed by atoms with Crippen molar-refractivity contribution >= 4 is 22.8 Å². The van der Waals surface area contributed by atoms with Gasteiger partial charge in [-0.15, -0.1) is 10.2 Å². The van der Waals surface area contributed by atoms with Gasteiger partial charge in [-0.1, -0.05) is 11.6 Å². The molecule has 1 aliphatic rings. The van der Waals surface area contributed by atoms with Gasteiger partial charge in [-0.2, -0.15) is 0 Å². The predicted octanol–water partition coefficient (Wildman–Crippen LogP) is 3.50. The van der Waals surface area contributed by atoms with E-state index in [0.717, 1.165) is 36.4 Å². The first-order valence-corrected chi connectivity index (χ1v) is 9.25. The molecule has 1 aliphatic heterocycles. The standard InChI is InChI=1S/C19H22ClN5O/c1-12-7-14(20)8-17(26)18(12)15-9-16-19(23-22-15)25(11-21-16)10-13-3-5-24(2)6-4-13/h7-9,11,13,26H,3-6,10H2,1-2H3. The van der Waals surface area contributed by atoms with Crippen molar-refractivity contribution in [2.24, 2.45) is 5.92 Å². The Morgan fingerprint density at radius 1 is 1.19 bits per heavy atom. The van der Waals surface area contributed by atoms with Crippen molar-refractivity contribution in [3.63, 3.8) is 0 Å². The number of aromatic hydroxyl groups is 1. The smallest absolute Gasteiger partial charge is 0.182 e. The van der Waals surface area contributed by atoms with Crippen LogP contribution in [-0.2, 0) is 6.54 Å². The summed E-state index contributed by atoms with van der Waals surface area (Å²) in [5.41, 5.74) is 3.69. The van der Waals surface area contributed by atoms with Crippen molar-refractivity contribution in [3.8, 4) is 17.0 Å².